The lowest BCUT2D eigenvalue weighted by Gasteiger charge is -2.05. The van der Waals surface area contributed by atoms with E-state index < -0.39 is 5.91 Å². The number of primary amides is 1. The number of phenolic OH excluding ortho intramolecular Hbond substituents is 2. The maximum Gasteiger partial charge on any atom is 0.244 e. The van der Waals surface area contributed by atoms with Crippen molar-refractivity contribution in [1.29, 1.82) is 0 Å². The lowest BCUT2D eigenvalue weighted by atomic mass is 10.0. The van der Waals surface area contributed by atoms with Crippen LogP contribution in [0.4, 0.5) is 0 Å². The van der Waals surface area contributed by atoms with Crippen molar-refractivity contribution < 1.29 is 15.0 Å². The summed E-state index contributed by atoms with van der Waals surface area (Å²) in [4.78, 5) is 11.5. The zero-order valence-electron chi connectivity index (χ0n) is 11.5. The van der Waals surface area contributed by atoms with E-state index in [4.69, 9.17) is 5.73 Å². The molecule has 0 saturated carbocycles. The Morgan fingerprint density at radius 3 is 2.00 bits per heavy atom. The topological polar surface area (TPSA) is 83.6 Å². The quantitative estimate of drug-likeness (QED) is 0.737. The molecule has 0 aliphatic heterocycles. The molecule has 0 aromatic heterocycles. The molecule has 0 fully saturated rings. The van der Waals surface area contributed by atoms with Crippen LogP contribution in [-0.4, -0.2) is 16.1 Å². The molecule has 2 rings (SSSR count). The number of amides is 1. The third-order valence-electron chi connectivity index (χ3n) is 3.17. The molecule has 0 bridgehead atoms. The van der Waals surface area contributed by atoms with E-state index >= 15 is 0 Å². The summed E-state index contributed by atoms with van der Waals surface area (Å²) in [5, 5.41) is 18.5. The summed E-state index contributed by atoms with van der Waals surface area (Å²) < 4.78 is 0. The van der Waals surface area contributed by atoms with Crippen LogP contribution in [0.2, 0.25) is 0 Å². The predicted octanol–water partition coefficient (Wildman–Crippen LogP) is 2.60. The molecule has 0 spiro atoms. The molecular weight excluding hydrogens is 266 g/mol. The van der Waals surface area contributed by atoms with Crippen molar-refractivity contribution in [3.05, 3.63) is 65.2 Å². The lowest BCUT2D eigenvalue weighted by molar-refractivity contribution is -0.114. The summed E-state index contributed by atoms with van der Waals surface area (Å²) in [6.45, 7) is 0. The minimum atomic E-state index is -0.457. The second kappa shape index (κ2) is 6.61. The van der Waals surface area contributed by atoms with Crippen LogP contribution in [0.15, 0.2) is 54.1 Å². The third kappa shape index (κ3) is 4.38. The highest BCUT2D eigenvalue weighted by atomic mass is 16.3. The van der Waals surface area contributed by atoms with Crippen molar-refractivity contribution in [2.45, 2.75) is 12.8 Å². The minimum Gasteiger partial charge on any atom is -0.508 e. The van der Waals surface area contributed by atoms with Crippen molar-refractivity contribution in [2.75, 3.05) is 0 Å². The largest absolute Gasteiger partial charge is 0.508 e. The Hall–Kier alpha value is -2.75. The molecule has 4 nitrogen and oxygen atoms in total. The maximum absolute atomic E-state index is 11.5. The van der Waals surface area contributed by atoms with Gasteiger partial charge in [-0.25, -0.2) is 0 Å². The molecular formula is C17H17NO3. The molecule has 4 heteroatoms. The van der Waals surface area contributed by atoms with E-state index in [1.54, 1.807) is 42.5 Å². The number of phenols is 2. The van der Waals surface area contributed by atoms with Crippen LogP contribution < -0.4 is 5.73 Å². The summed E-state index contributed by atoms with van der Waals surface area (Å²) in [7, 11) is 0. The number of aryl methyl sites for hydroxylation is 1. The second-order valence-electron chi connectivity index (χ2n) is 4.79. The molecule has 0 heterocycles. The fourth-order valence-electron chi connectivity index (χ4n) is 1.98. The molecule has 0 saturated heterocycles. The van der Waals surface area contributed by atoms with Gasteiger partial charge in [0.05, 0.1) is 0 Å². The van der Waals surface area contributed by atoms with Gasteiger partial charge in [0, 0.05) is 5.57 Å². The maximum atomic E-state index is 11.5. The Morgan fingerprint density at radius 2 is 1.48 bits per heavy atom. The zero-order valence-corrected chi connectivity index (χ0v) is 11.5. The highest BCUT2D eigenvalue weighted by Crippen LogP contribution is 2.17. The van der Waals surface area contributed by atoms with Gasteiger partial charge < -0.3 is 15.9 Å². The number of rotatable bonds is 5. The monoisotopic (exact) mass is 283 g/mol. The summed E-state index contributed by atoms with van der Waals surface area (Å²) in [6, 6.07) is 13.4. The van der Waals surface area contributed by atoms with Crippen LogP contribution in [0.25, 0.3) is 6.08 Å². The van der Waals surface area contributed by atoms with Crippen LogP contribution in [0.1, 0.15) is 17.5 Å². The number of hydrogen-bond donors (Lipinski definition) is 3. The SMILES string of the molecule is NC(=O)/C(=C/c1ccc(O)cc1)CCc1ccc(O)cc1. The third-order valence-corrected chi connectivity index (χ3v) is 3.17. The Bertz CT molecular complexity index is 643. The smallest absolute Gasteiger partial charge is 0.244 e. The molecule has 2 aromatic rings. The fourth-order valence-corrected chi connectivity index (χ4v) is 1.98. The Morgan fingerprint density at radius 1 is 0.952 bits per heavy atom. The molecule has 2 aromatic carbocycles. The molecule has 0 aliphatic carbocycles. The highest BCUT2D eigenvalue weighted by Gasteiger charge is 2.06. The van der Waals surface area contributed by atoms with Crippen LogP contribution in [0.3, 0.4) is 0 Å². The van der Waals surface area contributed by atoms with E-state index in [2.05, 4.69) is 0 Å². The molecule has 1 amide bonds. The van der Waals surface area contributed by atoms with Gasteiger partial charge in [-0.1, -0.05) is 24.3 Å². The number of aromatic hydroxyl groups is 2. The summed E-state index contributed by atoms with van der Waals surface area (Å²) in [5.74, 6) is -0.0627. The number of carbonyl (C=O) groups is 1. The highest BCUT2D eigenvalue weighted by molar-refractivity contribution is 5.96. The van der Waals surface area contributed by atoms with Crippen LogP contribution in [0.5, 0.6) is 11.5 Å². The Kier molecular flexibility index (Phi) is 4.61. The van der Waals surface area contributed by atoms with Crippen molar-refractivity contribution in [3.63, 3.8) is 0 Å². The van der Waals surface area contributed by atoms with Crippen molar-refractivity contribution in [3.8, 4) is 11.5 Å². The first kappa shape index (κ1) is 14.7. The standard InChI is InChI=1S/C17H17NO3/c18-17(21)14(11-13-4-9-16(20)10-5-13)6-1-12-2-7-15(19)8-3-12/h2-5,7-11,19-20H,1,6H2,(H2,18,21)/b14-11+. The summed E-state index contributed by atoms with van der Waals surface area (Å²) >= 11 is 0. The average Bonchev–Trinajstić information content (AvgIpc) is 2.47. The zero-order chi connectivity index (χ0) is 15.2. The molecule has 0 unspecified atom stereocenters. The van der Waals surface area contributed by atoms with Gasteiger partial charge in [0.2, 0.25) is 5.91 Å². The molecule has 108 valence electrons. The Labute approximate surface area is 123 Å². The molecule has 4 N–H and O–H groups in total. The Balaban J connectivity index is 2.10. The number of carbonyl (C=O) groups excluding carboxylic acids is 1. The normalized spacial score (nSPS) is 11.3. The molecule has 21 heavy (non-hydrogen) atoms. The first-order valence-corrected chi connectivity index (χ1v) is 6.62. The summed E-state index contributed by atoms with van der Waals surface area (Å²) in [5.41, 5.74) is 7.76. The van der Waals surface area contributed by atoms with Gasteiger partial charge in [-0.3, -0.25) is 4.79 Å². The predicted molar refractivity (Wildman–Crippen MR) is 81.7 cm³/mol. The van der Waals surface area contributed by atoms with Crippen LogP contribution in [0, 0.1) is 0 Å². The number of benzene rings is 2. The van der Waals surface area contributed by atoms with E-state index in [1.165, 1.54) is 0 Å². The average molecular weight is 283 g/mol. The molecule has 0 aliphatic rings. The van der Waals surface area contributed by atoms with E-state index in [1.807, 2.05) is 12.1 Å². The van der Waals surface area contributed by atoms with Gasteiger partial charge in [0.15, 0.2) is 0 Å². The van der Waals surface area contributed by atoms with E-state index in [-0.39, 0.29) is 11.5 Å². The van der Waals surface area contributed by atoms with Crippen LogP contribution >= 0.6 is 0 Å². The van der Waals surface area contributed by atoms with E-state index in [0.717, 1.165) is 11.1 Å². The molecule has 0 atom stereocenters. The van der Waals surface area contributed by atoms with Gasteiger partial charge in [-0.15, -0.1) is 0 Å². The summed E-state index contributed by atoms with van der Waals surface area (Å²) in [6.07, 6.45) is 2.90. The van der Waals surface area contributed by atoms with Gasteiger partial charge in [-0.2, -0.15) is 0 Å². The van der Waals surface area contributed by atoms with Gasteiger partial charge in [-0.05, 0) is 54.3 Å². The van der Waals surface area contributed by atoms with Gasteiger partial charge >= 0.3 is 0 Å². The fraction of sp³-hybridized carbons (Fsp3) is 0.118. The van der Waals surface area contributed by atoms with Gasteiger partial charge in [0.25, 0.3) is 0 Å². The second-order valence-corrected chi connectivity index (χ2v) is 4.79. The van der Waals surface area contributed by atoms with Gasteiger partial charge in [0.1, 0.15) is 11.5 Å². The van der Waals surface area contributed by atoms with E-state index in [9.17, 15) is 15.0 Å². The number of nitrogens with two attached hydrogens (primary N) is 1. The van der Waals surface area contributed by atoms with Crippen molar-refractivity contribution >= 4 is 12.0 Å². The first-order valence-electron chi connectivity index (χ1n) is 6.62. The van der Waals surface area contributed by atoms with Crippen molar-refractivity contribution in [2.24, 2.45) is 5.73 Å². The minimum absolute atomic E-state index is 0.178. The van der Waals surface area contributed by atoms with E-state index in [0.29, 0.717) is 18.4 Å². The number of hydrogen-bond acceptors (Lipinski definition) is 3. The first-order chi connectivity index (χ1) is 10.0. The van der Waals surface area contributed by atoms with Crippen LogP contribution in [-0.2, 0) is 11.2 Å². The lowest BCUT2D eigenvalue weighted by Crippen LogP contribution is -2.14. The molecule has 0 radical (unpaired) electrons. The van der Waals surface area contributed by atoms with Crippen molar-refractivity contribution in [1.82, 2.24) is 0 Å².